The average molecular weight is 355 g/mol. The molecule has 0 fully saturated rings. The van der Waals surface area contributed by atoms with Crippen LogP contribution in [0.3, 0.4) is 0 Å². The van der Waals surface area contributed by atoms with E-state index in [2.05, 4.69) is 25.9 Å². The SMILES string of the molecule is CC(C)(C)c1ccc(Oc2cnn(-c3ccccc3)c(=O)c2Cl)cc1. The number of benzene rings is 2. The van der Waals surface area contributed by atoms with E-state index in [4.69, 9.17) is 16.3 Å². The van der Waals surface area contributed by atoms with Crippen molar-refractivity contribution in [2.24, 2.45) is 0 Å². The van der Waals surface area contributed by atoms with Gasteiger partial charge in [0.15, 0.2) is 10.8 Å². The highest BCUT2D eigenvalue weighted by atomic mass is 35.5. The van der Waals surface area contributed by atoms with Crippen molar-refractivity contribution in [1.29, 1.82) is 0 Å². The van der Waals surface area contributed by atoms with E-state index in [1.165, 1.54) is 16.4 Å². The second-order valence-electron chi connectivity index (χ2n) is 6.75. The highest BCUT2D eigenvalue weighted by Gasteiger charge is 2.15. The molecule has 1 heterocycles. The highest BCUT2D eigenvalue weighted by molar-refractivity contribution is 6.31. The van der Waals surface area contributed by atoms with Gasteiger partial charge in [0.25, 0.3) is 5.56 Å². The summed E-state index contributed by atoms with van der Waals surface area (Å²) in [6.07, 6.45) is 1.45. The predicted octanol–water partition coefficient (Wildman–Crippen LogP) is 4.98. The summed E-state index contributed by atoms with van der Waals surface area (Å²) in [5.41, 5.74) is 1.49. The van der Waals surface area contributed by atoms with E-state index in [-0.39, 0.29) is 16.2 Å². The minimum absolute atomic E-state index is 0.00116. The Morgan fingerprint density at radius 1 is 1.00 bits per heavy atom. The Morgan fingerprint density at radius 2 is 1.64 bits per heavy atom. The molecule has 3 rings (SSSR count). The van der Waals surface area contributed by atoms with Gasteiger partial charge in [-0.1, -0.05) is 62.7 Å². The van der Waals surface area contributed by atoms with Crippen molar-refractivity contribution < 1.29 is 4.74 Å². The van der Waals surface area contributed by atoms with Crippen LogP contribution in [0, 0.1) is 0 Å². The predicted molar refractivity (Wildman–Crippen MR) is 100 cm³/mol. The molecule has 0 aliphatic carbocycles. The van der Waals surface area contributed by atoms with E-state index in [1.807, 2.05) is 42.5 Å². The summed E-state index contributed by atoms with van der Waals surface area (Å²) < 4.78 is 6.99. The molecule has 0 aliphatic heterocycles. The molecule has 0 radical (unpaired) electrons. The van der Waals surface area contributed by atoms with Crippen molar-refractivity contribution in [1.82, 2.24) is 9.78 Å². The molecule has 1 aromatic heterocycles. The van der Waals surface area contributed by atoms with Gasteiger partial charge in [-0.3, -0.25) is 4.79 Å². The molecule has 4 nitrogen and oxygen atoms in total. The average Bonchev–Trinajstić information content (AvgIpc) is 2.60. The standard InChI is InChI=1S/C20H19ClN2O2/c1-20(2,3)14-9-11-16(12-10-14)25-17-13-22-23(19(24)18(17)21)15-7-5-4-6-8-15/h4-13H,1-3H3. The molecule has 3 aromatic rings. The minimum atomic E-state index is -0.420. The number of halogens is 1. The summed E-state index contributed by atoms with van der Waals surface area (Å²) in [5, 5.41) is 4.16. The number of ether oxygens (including phenoxy) is 1. The van der Waals surface area contributed by atoms with E-state index < -0.39 is 5.56 Å². The van der Waals surface area contributed by atoms with Gasteiger partial charge in [0.05, 0.1) is 11.9 Å². The van der Waals surface area contributed by atoms with Crippen molar-refractivity contribution in [2.75, 3.05) is 0 Å². The summed E-state index contributed by atoms with van der Waals surface area (Å²) in [5.74, 6) is 0.843. The minimum Gasteiger partial charge on any atom is -0.454 e. The molecule has 0 spiro atoms. The molecule has 0 unspecified atom stereocenters. The quantitative estimate of drug-likeness (QED) is 0.666. The van der Waals surface area contributed by atoms with Crippen molar-refractivity contribution >= 4 is 11.6 Å². The molecule has 25 heavy (non-hydrogen) atoms. The smallest absolute Gasteiger partial charge is 0.294 e. The van der Waals surface area contributed by atoms with Crippen LogP contribution in [0.2, 0.25) is 5.02 Å². The van der Waals surface area contributed by atoms with E-state index >= 15 is 0 Å². The van der Waals surface area contributed by atoms with Crippen LogP contribution in [0.25, 0.3) is 5.69 Å². The van der Waals surface area contributed by atoms with Crippen LogP contribution in [0.15, 0.2) is 65.6 Å². The van der Waals surface area contributed by atoms with Crippen LogP contribution in [0.4, 0.5) is 0 Å². The molecule has 5 heteroatoms. The third-order valence-corrected chi connectivity index (χ3v) is 4.18. The Bertz CT molecular complexity index is 927. The monoisotopic (exact) mass is 354 g/mol. The highest BCUT2D eigenvalue weighted by Crippen LogP contribution is 2.29. The Morgan fingerprint density at radius 3 is 2.24 bits per heavy atom. The first-order valence-corrected chi connectivity index (χ1v) is 8.36. The maximum absolute atomic E-state index is 12.5. The zero-order valence-electron chi connectivity index (χ0n) is 14.4. The molecule has 0 aliphatic rings. The summed E-state index contributed by atoms with van der Waals surface area (Å²) in [6, 6.07) is 16.8. The van der Waals surface area contributed by atoms with Crippen LogP contribution in [0.5, 0.6) is 11.5 Å². The number of nitrogens with zero attached hydrogens (tertiary/aromatic N) is 2. The first kappa shape index (κ1) is 17.2. The van der Waals surface area contributed by atoms with Crippen LogP contribution in [-0.4, -0.2) is 9.78 Å². The summed E-state index contributed by atoms with van der Waals surface area (Å²) >= 11 is 6.20. The lowest BCUT2D eigenvalue weighted by atomic mass is 9.87. The third kappa shape index (κ3) is 3.74. The van der Waals surface area contributed by atoms with Crippen LogP contribution in [-0.2, 0) is 5.41 Å². The number of hydrogen-bond donors (Lipinski definition) is 0. The summed E-state index contributed by atoms with van der Waals surface area (Å²) in [6.45, 7) is 6.44. The molecule has 0 bridgehead atoms. The Labute approximate surface area is 151 Å². The second kappa shape index (κ2) is 6.73. The van der Waals surface area contributed by atoms with Gasteiger partial charge in [0, 0.05) is 0 Å². The van der Waals surface area contributed by atoms with Crippen molar-refractivity contribution in [3.05, 3.63) is 81.7 Å². The lowest BCUT2D eigenvalue weighted by Crippen LogP contribution is -2.21. The molecular weight excluding hydrogens is 336 g/mol. The molecule has 0 amide bonds. The molecule has 0 N–H and O–H groups in total. The summed E-state index contributed by atoms with van der Waals surface area (Å²) in [4.78, 5) is 12.5. The fourth-order valence-electron chi connectivity index (χ4n) is 2.39. The largest absolute Gasteiger partial charge is 0.454 e. The van der Waals surface area contributed by atoms with Gasteiger partial charge >= 0.3 is 0 Å². The summed E-state index contributed by atoms with van der Waals surface area (Å²) in [7, 11) is 0. The van der Waals surface area contributed by atoms with E-state index in [1.54, 1.807) is 12.1 Å². The van der Waals surface area contributed by atoms with Crippen LogP contribution >= 0.6 is 11.6 Å². The lowest BCUT2D eigenvalue weighted by Gasteiger charge is -2.19. The number of aromatic nitrogens is 2. The van der Waals surface area contributed by atoms with Crippen molar-refractivity contribution in [2.45, 2.75) is 26.2 Å². The fourth-order valence-corrected chi connectivity index (χ4v) is 2.56. The van der Waals surface area contributed by atoms with Gasteiger partial charge in [-0.15, -0.1) is 0 Å². The van der Waals surface area contributed by atoms with Gasteiger partial charge in [0.2, 0.25) is 0 Å². The third-order valence-electron chi connectivity index (χ3n) is 3.84. The zero-order valence-corrected chi connectivity index (χ0v) is 15.1. The van der Waals surface area contributed by atoms with Crippen LogP contribution < -0.4 is 10.3 Å². The molecule has 2 aromatic carbocycles. The first-order chi connectivity index (χ1) is 11.9. The van der Waals surface area contributed by atoms with Gasteiger partial charge in [-0.25, -0.2) is 0 Å². The maximum Gasteiger partial charge on any atom is 0.294 e. The maximum atomic E-state index is 12.5. The van der Waals surface area contributed by atoms with E-state index in [9.17, 15) is 4.79 Å². The van der Waals surface area contributed by atoms with E-state index in [0.717, 1.165) is 0 Å². The number of rotatable bonds is 3. The number of hydrogen-bond acceptors (Lipinski definition) is 3. The van der Waals surface area contributed by atoms with Gasteiger partial charge < -0.3 is 4.74 Å². The van der Waals surface area contributed by atoms with Gasteiger partial charge in [-0.2, -0.15) is 9.78 Å². The number of para-hydroxylation sites is 1. The molecule has 128 valence electrons. The molecule has 0 saturated heterocycles. The Kier molecular flexibility index (Phi) is 4.64. The normalized spacial score (nSPS) is 11.4. The molecule has 0 atom stereocenters. The second-order valence-corrected chi connectivity index (χ2v) is 7.13. The fraction of sp³-hybridized carbons (Fsp3) is 0.200. The molecular formula is C20H19ClN2O2. The Balaban J connectivity index is 1.89. The zero-order chi connectivity index (χ0) is 18.0. The van der Waals surface area contributed by atoms with Crippen molar-refractivity contribution in [3.63, 3.8) is 0 Å². The van der Waals surface area contributed by atoms with Crippen molar-refractivity contribution in [3.8, 4) is 17.2 Å². The van der Waals surface area contributed by atoms with Gasteiger partial charge in [-0.05, 0) is 35.2 Å². The molecule has 0 saturated carbocycles. The Hall–Kier alpha value is -2.59. The first-order valence-electron chi connectivity index (χ1n) is 7.98. The van der Waals surface area contributed by atoms with Crippen LogP contribution in [0.1, 0.15) is 26.3 Å². The lowest BCUT2D eigenvalue weighted by molar-refractivity contribution is 0.474. The van der Waals surface area contributed by atoms with E-state index in [0.29, 0.717) is 11.4 Å². The topological polar surface area (TPSA) is 44.1 Å². The van der Waals surface area contributed by atoms with Gasteiger partial charge in [0.1, 0.15) is 5.75 Å².